The zero-order valence-corrected chi connectivity index (χ0v) is 12.5. The average Bonchev–Trinajstić information content (AvgIpc) is 2.99. The molecule has 0 aromatic carbocycles. The van der Waals surface area contributed by atoms with Gasteiger partial charge in [0.2, 0.25) is 0 Å². The van der Waals surface area contributed by atoms with Crippen molar-refractivity contribution in [3.63, 3.8) is 0 Å². The lowest BCUT2D eigenvalue weighted by Gasteiger charge is -2.19. The highest BCUT2D eigenvalue weighted by Crippen LogP contribution is 2.17. The Kier molecular flexibility index (Phi) is 3.16. The molecule has 0 atom stereocenters. The first kappa shape index (κ1) is 14.2. The highest BCUT2D eigenvalue weighted by atomic mass is 16.6. The molecule has 0 bridgehead atoms. The molecule has 114 valence electrons. The van der Waals surface area contributed by atoms with Gasteiger partial charge in [0.1, 0.15) is 24.2 Å². The number of aromatic nitrogens is 5. The van der Waals surface area contributed by atoms with Crippen LogP contribution in [0, 0.1) is 0 Å². The third kappa shape index (κ3) is 2.43. The molecule has 0 aliphatic heterocycles. The predicted octanol–water partition coefficient (Wildman–Crippen LogP) is 1.23. The Morgan fingerprint density at radius 2 is 2.00 bits per heavy atom. The van der Waals surface area contributed by atoms with Gasteiger partial charge in [-0.3, -0.25) is 14.0 Å². The number of rotatable bonds is 3. The van der Waals surface area contributed by atoms with E-state index < -0.39 is 5.60 Å². The van der Waals surface area contributed by atoms with E-state index in [4.69, 9.17) is 4.74 Å². The third-order valence-corrected chi connectivity index (χ3v) is 2.98. The second-order valence-corrected chi connectivity index (χ2v) is 5.87. The molecule has 0 unspecified atom stereocenters. The van der Waals surface area contributed by atoms with Crippen molar-refractivity contribution in [2.24, 2.45) is 0 Å². The molecule has 8 nitrogen and oxygen atoms in total. The van der Waals surface area contributed by atoms with Crippen molar-refractivity contribution in [1.82, 2.24) is 23.9 Å². The summed E-state index contributed by atoms with van der Waals surface area (Å²) < 4.78 is 8.44. The lowest BCUT2D eigenvalue weighted by Crippen LogP contribution is -2.26. The normalized spacial score (nSPS) is 12.0. The van der Waals surface area contributed by atoms with Crippen molar-refractivity contribution >= 4 is 29.1 Å². The van der Waals surface area contributed by atoms with Crippen LogP contribution < -0.4 is 0 Å². The second kappa shape index (κ2) is 4.90. The van der Waals surface area contributed by atoms with Gasteiger partial charge in [0.25, 0.3) is 0 Å². The van der Waals surface area contributed by atoms with Gasteiger partial charge < -0.3 is 9.30 Å². The fraction of sp³-hybridized carbons (Fsp3) is 0.357. The molecule has 22 heavy (non-hydrogen) atoms. The van der Waals surface area contributed by atoms with Crippen LogP contribution in [0.4, 0.5) is 0 Å². The van der Waals surface area contributed by atoms with Gasteiger partial charge in [0.15, 0.2) is 23.1 Å². The molecular formula is C14H15N5O3. The summed E-state index contributed by atoms with van der Waals surface area (Å²) in [7, 11) is 0. The number of hydrogen-bond donors (Lipinski definition) is 0. The van der Waals surface area contributed by atoms with Crippen LogP contribution in [0.5, 0.6) is 0 Å². The van der Waals surface area contributed by atoms with E-state index >= 15 is 0 Å². The first-order valence-electron chi connectivity index (χ1n) is 6.73. The predicted molar refractivity (Wildman–Crippen MR) is 77.5 cm³/mol. The molecule has 0 fully saturated rings. The number of imidazole rings is 2. The van der Waals surface area contributed by atoms with Crippen LogP contribution in [0.2, 0.25) is 0 Å². The Balaban J connectivity index is 1.99. The fourth-order valence-corrected chi connectivity index (χ4v) is 2.17. The summed E-state index contributed by atoms with van der Waals surface area (Å²) in [5.41, 5.74) is 1.41. The summed E-state index contributed by atoms with van der Waals surface area (Å²) in [5.74, 6) is -0.370. The van der Waals surface area contributed by atoms with Crippen LogP contribution in [0.25, 0.3) is 16.8 Å². The number of fused-ring (bicyclic) bond motifs is 3. The number of esters is 1. The number of ether oxygens (including phenoxy) is 1. The van der Waals surface area contributed by atoms with Crippen molar-refractivity contribution in [2.75, 3.05) is 0 Å². The Morgan fingerprint density at radius 3 is 2.68 bits per heavy atom. The quantitative estimate of drug-likeness (QED) is 0.534. The van der Waals surface area contributed by atoms with Gasteiger partial charge in [-0.25, -0.2) is 15.0 Å². The zero-order valence-electron chi connectivity index (χ0n) is 12.5. The molecule has 0 saturated carbocycles. The van der Waals surface area contributed by atoms with E-state index in [1.54, 1.807) is 8.97 Å². The Hall–Kier alpha value is -2.77. The molecule has 0 aliphatic rings. The molecule has 8 heteroatoms. The third-order valence-electron chi connectivity index (χ3n) is 2.98. The topological polar surface area (TPSA) is 91.4 Å². The van der Waals surface area contributed by atoms with Crippen LogP contribution in [0.1, 0.15) is 31.3 Å². The number of hydrogen-bond acceptors (Lipinski definition) is 6. The molecule has 0 aliphatic carbocycles. The fourth-order valence-electron chi connectivity index (χ4n) is 2.17. The monoisotopic (exact) mass is 301 g/mol. The van der Waals surface area contributed by atoms with Gasteiger partial charge in [0.05, 0.1) is 12.5 Å². The Labute approximate surface area is 125 Å². The van der Waals surface area contributed by atoms with E-state index in [-0.39, 0.29) is 12.5 Å². The Morgan fingerprint density at radius 1 is 1.23 bits per heavy atom. The summed E-state index contributed by atoms with van der Waals surface area (Å²) in [4.78, 5) is 35.5. The zero-order chi connectivity index (χ0) is 15.9. The van der Waals surface area contributed by atoms with Crippen molar-refractivity contribution in [2.45, 2.75) is 32.9 Å². The Bertz CT molecular complexity index is 872. The molecular weight excluding hydrogens is 286 g/mol. The molecule has 3 aromatic heterocycles. The van der Waals surface area contributed by atoms with Gasteiger partial charge in [-0.1, -0.05) is 0 Å². The molecule has 0 saturated heterocycles. The number of carbonyl (C=O) groups is 2. The molecule has 3 rings (SSSR count). The molecule has 3 heterocycles. The lowest BCUT2D eigenvalue weighted by atomic mass is 10.2. The van der Waals surface area contributed by atoms with Gasteiger partial charge in [-0.2, -0.15) is 0 Å². The number of carbonyl (C=O) groups excluding carboxylic acids is 2. The van der Waals surface area contributed by atoms with Crippen LogP contribution >= 0.6 is 0 Å². The smallest absolute Gasteiger partial charge is 0.326 e. The summed E-state index contributed by atoms with van der Waals surface area (Å²) in [6, 6.07) is 0. The van der Waals surface area contributed by atoms with Gasteiger partial charge >= 0.3 is 5.97 Å². The van der Waals surface area contributed by atoms with E-state index in [1.165, 1.54) is 18.9 Å². The maximum absolute atomic E-state index is 11.9. The van der Waals surface area contributed by atoms with Crippen molar-refractivity contribution in [1.29, 1.82) is 0 Å². The largest absolute Gasteiger partial charge is 0.459 e. The van der Waals surface area contributed by atoms with Crippen molar-refractivity contribution in [3.8, 4) is 0 Å². The van der Waals surface area contributed by atoms with Crippen LogP contribution in [0.3, 0.4) is 0 Å². The summed E-state index contributed by atoms with van der Waals surface area (Å²) >= 11 is 0. The highest BCUT2D eigenvalue weighted by Gasteiger charge is 2.18. The van der Waals surface area contributed by atoms with Crippen molar-refractivity contribution in [3.05, 3.63) is 24.5 Å². The summed E-state index contributed by atoms with van der Waals surface area (Å²) in [6.07, 6.45) is 5.15. The van der Waals surface area contributed by atoms with E-state index in [0.717, 1.165) is 0 Å². The minimum absolute atomic E-state index is 0.0121. The van der Waals surface area contributed by atoms with Crippen LogP contribution in [0.15, 0.2) is 18.9 Å². The van der Waals surface area contributed by atoms with Gasteiger partial charge in [-0.15, -0.1) is 0 Å². The molecule has 0 radical (unpaired) electrons. The number of aldehydes is 1. The maximum atomic E-state index is 11.9. The summed E-state index contributed by atoms with van der Waals surface area (Å²) in [6.45, 7) is 5.44. The van der Waals surface area contributed by atoms with E-state index in [1.807, 2.05) is 20.8 Å². The minimum Gasteiger partial charge on any atom is -0.459 e. The first-order valence-corrected chi connectivity index (χ1v) is 6.73. The van der Waals surface area contributed by atoms with Gasteiger partial charge in [0, 0.05) is 0 Å². The van der Waals surface area contributed by atoms with Crippen LogP contribution in [-0.4, -0.2) is 41.8 Å². The van der Waals surface area contributed by atoms with Crippen molar-refractivity contribution < 1.29 is 14.3 Å². The molecule has 0 N–H and O–H groups in total. The second-order valence-electron chi connectivity index (χ2n) is 5.87. The maximum Gasteiger partial charge on any atom is 0.326 e. The van der Waals surface area contributed by atoms with Crippen LogP contribution in [-0.2, 0) is 16.1 Å². The first-order chi connectivity index (χ1) is 10.4. The number of nitrogens with zero attached hydrogens (tertiary/aromatic N) is 5. The standard InChI is InChI=1S/C14H15N5O3/c1-14(2,3)22-10(21)5-18-7-16-11-12(18)17-8-19-9(6-20)4-15-13(11)19/h4,6-8H,5H2,1-3H3. The minimum atomic E-state index is -0.546. The summed E-state index contributed by atoms with van der Waals surface area (Å²) in [5, 5.41) is 0. The highest BCUT2D eigenvalue weighted by molar-refractivity contribution is 5.88. The van der Waals surface area contributed by atoms with E-state index in [9.17, 15) is 9.59 Å². The molecule has 0 amide bonds. The molecule has 0 spiro atoms. The van der Waals surface area contributed by atoms with E-state index in [0.29, 0.717) is 28.8 Å². The lowest BCUT2D eigenvalue weighted by molar-refractivity contribution is -0.155. The SMILES string of the molecule is CC(C)(C)OC(=O)Cn1cnc2c1ncn1c(C=O)cnc21. The van der Waals surface area contributed by atoms with E-state index in [2.05, 4.69) is 15.0 Å². The average molecular weight is 301 g/mol. The van der Waals surface area contributed by atoms with Gasteiger partial charge in [-0.05, 0) is 20.8 Å². The molecule has 3 aromatic rings.